The summed E-state index contributed by atoms with van der Waals surface area (Å²) in [5, 5.41) is 0. The van der Waals surface area contributed by atoms with E-state index in [-0.39, 0.29) is 17.9 Å². The molecule has 3 rings (SSSR count). The van der Waals surface area contributed by atoms with Crippen LogP contribution in [0.4, 0.5) is 5.69 Å². The van der Waals surface area contributed by atoms with E-state index in [1.807, 2.05) is 42.5 Å². The zero-order valence-electron chi connectivity index (χ0n) is 18.8. The lowest BCUT2D eigenvalue weighted by atomic mass is 9.86. The standard InChI is InChI=1S/C25H32N2O4/c1-19(24(29)27-16-14-26(15-17-27)20-10-6-5-7-11-20)31-23(28)18-30-22-13-9-8-12-21(22)25(2,3)4/h5-13,19H,14-18H2,1-4H3/t19-/m1/s1. The summed E-state index contributed by atoms with van der Waals surface area (Å²) >= 11 is 0. The van der Waals surface area contributed by atoms with Gasteiger partial charge in [-0.05, 0) is 36.1 Å². The minimum absolute atomic E-state index is 0.106. The van der Waals surface area contributed by atoms with E-state index < -0.39 is 12.1 Å². The van der Waals surface area contributed by atoms with Crippen molar-refractivity contribution in [3.8, 4) is 5.75 Å². The van der Waals surface area contributed by atoms with E-state index >= 15 is 0 Å². The fraction of sp³-hybridized carbons (Fsp3) is 0.440. The number of anilines is 1. The average Bonchev–Trinajstić information content (AvgIpc) is 2.77. The zero-order chi connectivity index (χ0) is 22.4. The molecule has 0 unspecified atom stereocenters. The molecular weight excluding hydrogens is 392 g/mol. The Morgan fingerprint density at radius 3 is 2.19 bits per heavy atom. The van der Waals surface area contributed by atoms with E-state index in [9.17, 15) is 9.59 Å². The molecule has 0 bridgehead atoms. The molecule has 1 fully saturated rings. The molecule has 6 heteroatoms. The Hall–Kier alpha value is -3.02. The number of piperazine rings is 1. The number of nitrogens with zero attached hydrogens (tertiary/aromatic N) is 2. The quantitative estimate of drug-likeness (QED) is 0.663. The summed E-state index contributed by atoms with van der Waals surface area (Å²) in [5.41, 5.74) is 2.07. The fourth-order valence-electron chi connectivity index (χ4n) is 3.71. The largest absolute Gasteiger partial charge is 0.482 e. The smallest absolute Gasteiger partial charge is 0.344 e. The van der Waals surface area contributed by atoms with Gasteiger partial charge in [-0.25, -0.2) is 4.79 Å². The van der Waals surface area contributed by atoms with Crippen molar-refractivity contribution >= 4 is 17.6 Å². The molecule has 0 spiro atoms. The first kappa shape index (κ1) is 22.7. The highest BCUT2D eigenvalue weighted by Gasteiger charge is 2.27. The van der Waals surface area contributed by atoms with Crippen LogP contribution in [0.2, 0.25) is 0 Å². The van der Waals surface area contributed by atoms with Crippen molar-refractivity contribution in [3.05, 3.63) is 60.2 Å². The van der Waals surface area contributed by atoms with Crippen LogP contribution in [0.3, 0.4) is 0 Å². The van der Waals surface area contributed by atoms with Gasteiger partial charge in [0.25, 0.3) is 5.91 Å². The van der Waals surface area contributed by atoms with Crippen molar-refractivity contribution in [2.75, 3.05) is 37.7 Å². The SMILES string of the molecule is C[C@@H](OC(=O)COc1ccccc1C(C)(C)C)C(=O)N1CCN(c2ccccc2)CC1. The van der Waals surface area contributed by atoms with Gasteiger partial charge in [0.05, 0.1) is 0 Å². The number of para-hydroxylation sites is 2. The summed E-state index contributed by atoms with van der Waals surface area (Å²) in [5.74, 6) is -0.0633. The van der Waals surface area contributed by atoms with Gasteiger partial charge >= 0.3 is 5.97 Å². The first-order chi connectivity index (χ1) is 14.8. The average molecular weight is 425 g/mol. The van der Waals surface area contributed by atoms with Gasteiger partial charge in [0.1, 0.15) is 5.75 Å². The topological polar surface area (TPSA) is 59.1 Å². The van der Waals surface area contributed by atoms with Crippen LogP contribution in [-0.2, 0) is 19.7 Å². The number of benzene rings is 2. The van der Waals surface area contributed by atoms with Gasteiger partial charge in [-0.3, -0.25) is 4.79 Å². The van der Waals surface area contributed by atoms with E-state index in [4.69, 9.17) is 9.47 Å². The Morgan fingerprint density at radius 2 is 1.55 bits per heavy atom. The molecule has 1 saturated heterocycles. The highest BCUT2D eigenvalue weighted by molar-refractivity contribution is 5.84. The molecule has 0 saturated carbocycles. The number of rotatable bonds is 6. The van der Waals surface area contributed by atoms with Crippen LogP contribution < -0.4 is 9.64 Å². The summed E-state index contributed by atoms with van der Waals surface area (Å²) in [6.07, 6.45) is -0.836. The maximum Gasteiger partial charge on any atom is 0.344 e. The molecule has 0 N–H and O–H groups in total. The third-order valence-corrected chi connectivity index (χ3v) is 5.41. The molecular formula is C25H32N2O4. The maximum absolute atomic E-state index is 12.7. The second-order valence-corrected chi connectivity index (χ2v) is 8.81. The number of esters is 1. The number of hydrogen-bond donors (Lipinski definition) is 0. The summed E-state index contributed by atoms with van der Waals surface area (Å²) in [6.45, 7) is 10.4. The normalized spacial score (nSPS) is 15.4. The zero-order valence-corrected chi connectivity index (χ0v) is 18.8. The van der Waals surface area contributed by atoms with E-state index in [1.54, 1.807) is 11.8 Å². The number of ether oxygens (including phenoxy) is 2. The lowest BCUT2D eigenvalue weighted by Crippen LogP contribution is -2.51. The van der Waals surface area contributed by atoms with E-state index in [0.29, 0.717) is 18.8 Å². The van der Waals surface area contributed by atoms with Crippen LogP contribution >= 0.6 is 0 Å². The first-order valence-corrected chi connectivity index (χ1v) is 10.8. The lowest BCUT2D eigenvalue weighted by Gasteiger charge is -2.37. The predicted molar refractivity (Wildman–Crippen MR) is 121 cm³/mol. The van der Waals surface area contributed by atoms with Crippen molar-refractivity contribution in [3.63, 3.8) is 0 Å². The molecule has 1 amide bonds. The van der Waals surface area contributed by atoms with Gasteiger partial charge < -0.3 is 19.3 Å². The van der Waals surface area contributed by atoms with Gasteiger partial charge in [0, 0.05) is 31.9 Å². The monoisotopic (exact) mass is 424 g/mol. The lowest BCUT2D eigenvalue weighted by molar-refractivity contribution is -0.160. The van der Waals surface area contributed by atoms with Gasteiger partial charge in [0.2, 0.25) is 0 Å². The summed E-state index contributed by atoms with van der Waals surface area (Å²) in [4.78, 5) is 29.0. The first-order valence-electron chi connectivity index (χ1n) is 10.8. The van der Waals surface area contributed by atoms with Crippen LogP contribution in [-0.4, -0.2) is 55.7 Å². The predicted octanol–water partition coefficient (Wildman–Crippen LogP) is 3.64. The third kappa shape index (κ3) is 6.00. The van der Waals surface area contributed by atoms with E-state index in [2.05, 4.69) is 37.8 Å². The molecule has 31 heavy (non-hydrogen) atoms. The van der Waals surface area contributed by atoms with Gasteiger partial charge in [0.15, 0.2) is 12.7 Å². The summed E-state index contributed by atoms with van der Waals surface area (Å²) in [7, 11) is 0. The molecule has 0 aromatic heterocycles. The highest BCUT2D eigenvalue weighted by atomic mass is 16.6. The Morgan fingerprint density at radius 1 is 0.935 bits per heavy atom. The highest BCUT2D eigenvalue weighted by Crippen LogP contribution is 2.30. The van der Waals surface area contributed by atoms with Crippen LogP contribution in [0.25, 0.3) is 0 Å². The number of hydrogen-bond acceptors (Lipinski definition) is 5. The van der Waals surface area contributed by atoms with Crippen LogP contribution in [0.1, 0.15) is 33.3 Å². The van der Waals surface area contributed by atoms with Crippen LogP contribution in [0.5, 0.6) is 5.75 Å². The van der Waals surface area contributed by atoms with Crippen molar-refractivity contribution in [1.82, 2.24) is 4.90 Å². The maximum atomic E-state index is 12.7. The van der Waals surface area contributed by atoms with Crippen LogP contribution in [0, 0.1) is 0 Å². The molecule has 2 aromatic carbocycles. The van der Waals surface area contributed by atoms with Gasteiger partial charge in [-0.15, -0.1) is 0 Å². The van der Waals surface area contributed by atoms with Crippen LogP contribution in [0.15, 0.2) is 54.6 Å². The molecule has 1 heterocycles. The van der Waals surface area contributed by atoms with E-state index in [1.165, 1.54) is 0 Å². The molecule has 0 radical (unpaired) electrons. The molecule has 166 valence electrons. The second kappa shape index (κ2) is 9.86. The molecule has 1 atom stereocenters. The molecule has 6 nitrogen and oxygen atoms in total. The molecule has 1 aliphatic rings. The van der Waals surface area contributed by atoms with Crippen molar-refractivity contribution < 1.29 is 19.1 Å². The van der Waals surface area contributed by atoms with Gasteiger partial charge in [-0.2, -0.15) is 0 Å². The molecule has 2 aromatic rings. The minimum Gasteiger partial charge on any atom is -0.482 e. The second-order valence-electron chi connectivity index (χ2n) is 8.81. The summed E-state index contributed by atoms with van der Waals surface area (Å²) in [6, 6.07) is 17.8. The fourth-order valence-corrected chi connectivity index (χ4v) is 3.71. The Kier molecular flexibility index (Phi) is 7.21. The summed E-state index contributed by atoms with van der Waals surface area (Å²) < 4.78 is 11.1. The Bertz CT molecular complexity index is 884. The minimum atomic E-state index is -0.836. The number of amides is 1. The Labute approximate surface area is 184 Å². The number of carbonyl (C=O) groups is 2. The van der Waals surface area contributed by atoms with Crippen molar-refractivity contribution in [2.45, 2.75) is 39.2 Å². The van der Waals surface area contributed by atoms with Gasteiger partial charge in [-0.1, -0.05) is 57.2 Å². The molecule has 1 aliphatic heterocycles. The van der Waals surface area contributed by atoms with E-state index in [0.717, 1.165) is 24.3 Å². The Balaban J connectivity index is 1.48. The van der Waals surface area contributed by atoms with Crippen molar-refractivity contribution in [1.29, 1.82) is 0 Å². The molecule has 0 aliphatic carbocycles. The number of carbonyl (C=O) groups excluding carboxylic acids is 2. The van der Waals surface area contributed by atoms with Crippen molar-refractivity contribution in [2.24, 2.45) is 0 Å². The third-order valence-electron chi connectivity index (χ3n) is 5.41.